The van der Waals surface area contributed by atoms with Gasteiger partial charge in [0.2, 0.25) is 0 Å². The molecular weight excluding hydrogens is 186 g/mol. The highest BCUT2D eigenvalue weighted by Gasteiger charge is 2.21. The van der Waals surface area contributed by atoms with Crippen molar-refractivity contribution in [1.29, 1.82) is 0 Å². The van der Waals surface area contributed by atoms with E-state index < -0.39 is 0 Å². The molecule has 15 heavy (non-hydrogen) atoms. The van der Waals surface area contributed by atoms with Gasteiger partial charge in [-0.1, -0.05) is 6.92 Å². The summed E-state index contributed by atoms with van der Waals surface area (Å²) in [7, 11) is 0. The van der Waals surface area contributed by atoms with Gasteiger partial charge in [-0.25, -0.2) is 0 Å². The van der Waals surface area contributed by atoms with Crippen LogP contribution in [0.5, 0.6) is 0 Å². The van der Waals surface area contributed by atoms with Crippen molar-refractivity contribution in [2.45, 2.75) is 19.8 Å². The zero-order valence-corrected chi connectivity index (χ0v) is 10.0. The Hall–Kier alpha value is -0.120. The average molecular weight is 211 g/mol. The molecule has 1 unspecified atom stereocenters. The van der Waals surface area contributed by atoms with Gasteiger partial charge < -0.3 is 15.1 Å². The van der Waals surface area contributed by atoms with Gasteiger partial charge in [-0.2, -0.15) is 0 Å². The fraction of sp³-hybridized carbons (Fsp3) is 1.00. The van der Waals surface area contributed by atoms with Crippen molar-refractivity contribution in [3.8, 4) is 0 Å². The van der Waals surface area contributed by atoms with Crippen LogP contribution in [0.1, 0.15) is 19.8 Å². The predicted molar refractivity (Wildman–Crippen MR) is 64.1 cm³/mol. The summed E-state index contributed by atoms with van der Waals surface area (Å²) in [5.74, 6) is 0.972. The number of nitrogens with one attached hydrogen (secondary N) is 1. The molecule has 2 rings (SSSR count). The van der Waals surface area contributed by atoms with E-state index in [2.05, 4.69) is 22.0 Å². The third kappa shape index (κ3) is 3.44. The molecule has 1 atom stereocenters. The van der Waals surface area contributed by atoms with Gasteiger partial charge in [0.15, 0.2) is 0 Å². The van der Waals surface area contributed by atoms with Crippen LogP contribution >= 0.6 is 0 Å². The molecule has 0 aromatic rings. The molecule has 1 N–H and O–H groups in total. The molecule has 0 bridgehead atoms. The Bertz CT molecular complexity index is 178. The van der Waals surface area contributed by atoms with Gasteiger partial charge in [-0.05, 0) is 38.4 Å². The van der Waals surface area contributed by atoms with Crippen LogP contribution in [0, 0.1) is 5.92 Å². The van der Waals surface area contributed by atoms with Crippen molar-refractivity contribution in [2.24, 2.45) is 5.92 Å². The fourth-order valence-corrected chi connectivity index (χ4v) is 2.74. The van der Waals surface area contributed by atoms with Crippen molar-refractivity contribution in [3.63, 3.8) is 0 Å². The van der Waals surface area contributed by atoms with Crippen molar-refractivity contribution < 1.29 is 0 Å². The van der Waals surface area contributed by atoms with Gasteiger partial charge in [0.05, 0.1) is 0 Å². The lowest BCUT2D eigenvalue weighted by Gasteiger charge is -2.28. The minimum Gasteiger partial charge on any atom is -0.314 e. The fourth-order valence-electron chi connectivity index (χ4n) is 2.74. The first kappa shape index (κ1) is 11.4. The van der Waals surface area contributed by atoms with Crippen molar-refractivity contribution in [2.75, 3.05) is 52.4 Å². The molecular formula is C12H25N3. The Kier molecular flexibility index (Phi) is 4.42. The van der Waals surface area contributed by atoms with Gasteiger partial charge in [0.25, 0.3) is 0 Å². The molecule has 88 valence electrons. The molecule has 0 aromatic heterocycles. The lowest BCUT2D eigenvalue weighted by Crippen LogP contribution is -2.44. The van der Waals surface area contributed by atoms with Crippen LogP contribution in [0.3, 0.4) is 0 Å². The minimum absolute atomic E-state index is 0.972. The second kappa shape index (κ2) is 5.83. The maximum atomic E-state index is 3.41. The molecule has 2 heterocycles. The van der Waals surface area contributed by atoms with Crippen molar-refractivity contribution >= 4 is 0 Å². The van der Waals surface area contributed by atoms with Crippen LogP contribution in [0.4, 0.5) is 0 Å². The highest BCUT2D eigenvalue weighted by Crippen LogP contribution is 2.19. The van der Waals surface area contributed by atoms with Gasteiger partial charge >= 0.3 is 0 Å². The molecule has 0 amide bonds. The number of likely N-dealkylation sites (tertiary alicyclic amines) is 1. The Morgan fingerprint density at radius 3 is 2.60 bits per heavy atom. The first-order valence-corrected chi connectivity index (χ1v) is 6.54. The summed E-state index contributed by atoms with van der Waals surface area (Å²) >= 11 is 0. The number of piperazine rings is 1. The van der Waals surface area contributed by atoms with Crippen LogP contribution in [-0.2, 0) is 0 Å². The first-order valence-electron chi connectivity index (χ1n) is 6.54. The van der Waals surface area contributed by atoms with E-state index in [4.69, 9.17) is 0 Å². The molecule has 3 heteroatoms. The smallest absolute Gasteiger partial charge is 0.0107 e. The van der Waals surface area contributed by atoms with Crippen LogP contribution in [0.15, 0.2) is 0 Å². The second-order valence-electron chi connectivity index (χ2n) is 4.93. The molecule has 2 aliphatic heterocycles. The lowest BCUT2D eigenvalue weighted by molar-refractivity contribution is 0.222. The topological polar surface area (TPSA) is 18.5 Å². The summed E-state index contributed by atoms with van der Waals surface area (Å²) in [5.41, 5.74) is 0. The highest BCUT2D eigenvalue weighted by molar-refractivity contribution is 4.76. The van der Waals surface area contributed by atoms with E-state index in [0.717, 1.165) is 5.92 Å². The van der Waals surface area contributed by atoms with Gasteiger partial charge in [-0.15, -0.1) is 0 Å². The molecule has 2 fully saturated rings. The maximum absolute atomic E-state index is 3.41. The lowest BCUT2D eigenvalue weighted by atomic mass is 10.0. The summed E-state index contributed by atoms with van der Waals surface area (Å²) in [6, 6.07) is 0. The van der Waals surface area contributed by atoms with Gasteiger partial charge in [0.1, 0.15) is 0 Å². The van der Waals surface area contributed by atoms with Crippen LogP contribution in [-0.4, -0.2) is 62.2 Å². The van der Waals surface area contributed by atoms with Crippen molar-refractivity contribution in [3.05, 3.63) is 0 Å². The van der Waals surface area contributed by atoms with Gasteiger partial charge in [0, 0.05) is 32.7 Å². The number of hydrogen-bond acceptors (Lipinski definition) is 3. The van der Waals surface area contributed by atoms with E-state index in [1.54, 1.807) is 0 Å². The molecule has 0 spiro atoms. The minimum atomic E-state index is 0.972. The normalized spacial score (nSPS) is 29.8. The average Bonchev–Trinajstić information content (AvgIpc) is 2.76. The zero-order chi connectivity index (χ0) is 10.5. The molecule has 0 radical (unpaired) electrons. The Labute approximate surface area is 93.8 Å². The molecule has 3 nitrogen and oxygen atoms in total. The summed E-state index contributed by atoms with van der Waals surface area (Å²) in [5, 5.41) is 3.41. The molecule has 2 aliphatic rings. The number of nitrogens with zero attached hydrogens (tertiary/aromatic N) is 2. The van der Waals surface area contributed by atoms with Crippen LogP contribution < -0.4 is 5.32 Å². The second-order valence-corrected chi connectivity index (χ2v) is 4.93. The quantitative estimate of drug-likeness (QED) is 0.735. The molecule has 0 aliphatic carbocycles. The molecule has 0 aromatic carbocycles. The Morgan fingerprint density at radius 1 is 1.13 bits per heavy atom. The Balaban J connectivity index is 1.61. The zero-order valence-electron chi connectivity index (χ0n) is 10.0. The highest BCUT2D eigenvalue weighted by atomic mass is 15.2. The maximum Gasteiger partial charge on any atom is 0.0107 e. The molecule has 2 saturated heterocycles. The molecule has 0 saturated carbocycles. The summed E-state index contributed by atoms with van der Waals surface area (Å²) in [6.45, 7) is 12.4. The summed E-state index contributed by atoms with van der Waals surface area (Å²) < 4.78 is 0. The Morgan fingerprint density at radius 2 is 1.93 bits per heavy atom. The van der Waals surface area contributed by atoms with Crippen LogP contribution in [0.25, 0.3) is 0 Å². The SMILES string of the molecule is CCN1CCC(CCN2CCNCC2)C1. The van der Waals surface area contributed by atoms with E-state index in [-0.39, 0.29) is 0 Å². The van der Waals surface area contributed by atoms with Gasteiger partial charge in [-0.3, -0.25) is 0 Å². The monoisotopic (exact) mass is 211 g/mol. The standard InChI is InChI=1S/C12H25N3/c1-2-14-7-3-12(11-14)4-8-15-9-5-13-6-10-15/h12-13H,2-11H2,1H3. The third-order valence-corrected chi connectivity index (χ3v) is 3.88. The van der Waals surface area contributed by atoms with Crippen molar-refractivity contribution in [1.82, 2.24) is 15.1 Å². The van der Waals surface area contributed by atoms with E-state index in [1.165, 1.54) is 65.2 Å². The van der Waals surface area contributed by atoms with E-state index in [9.17, 15) is 0 Å². The summed E-state index contributed by atoms with van der Waals surface area (Å²) in [6.07, 6.45) is 2.84. The van der Waals surface area contributed by atoms with E-state index in [0.29, 0.717) is 0 Å². The largest absolute Gasteiger partial charge is 0.314 e. The first-order chi connectivity index (χ1) is 7.38. The predicted octanol–water partition coefficient (Wildman–Crippen LogP) is 0.624. The number of hydrogen-bond donors (Lipinski definition) is 1. The number of rotatable bonds is 4. The third-order valence-electron chi connectivity index (χ3n) is 3.88. The van der Waals surface area contributed by atoms with E-state index in [1.807, 2.05) is 0 Å². The van der Waals surface area contributed by atoms with E-state index >= 15 is 0 Å². The summed E-state index contributed by atoms with van der Waals surface area (Å²) in [4.78, 5) is 5.20. The van der Waals surface area contributed by atoms with Crippen LogP contribution in [0.2, 0.25) is 0 Å².